The van der Waals surface area contributed by atoms with Crippen LogP contribution < -0.4 is 10.1 Å². The summed E-state index contributed by atoms with van der Waals surface area (Å²) in [5.41, 5.74) is 0.757. The van der Waals surface area contributed by atoms with Gasteiger partial charge in [-0.2, -0.15) is 0 Å². The van der Waals surface area contributed by atoms with Crippen LogP contribution in [0.25, 0.3) is 10.2 Å². The minimum Gasteiger partial charge on any atom is -0.491 e. The molecule has 2 N–H and O–H groups in total. The van der Waals surface area contributed by atoms with E-state index in [0.29, 0.717) is 38.5 Å². The van der Waals surface area contributed by atoms with Gasteiger partial charge in [0.25, 0.3) is 0 Å². The molecule has 1 aliphatic heterocycles. The van der Waals surface area contributed by atoms with Crippen molar-refractivity contribution in [2.75, 3.05) is 45.9 Å². The van der Waals surface area contributed by atoms with Crippen LogP contribution in [0, 0.1) is 18.6 Å². The van der Waals surface area contributed by atoms with Crippen LogP contribution in [0.2, 0.25) is 0 Å². The third kappa shape index (κ3) is 6.47. The summed E-state index contributed by atoms with van der Waals surface area (Å²) in [5.74, 6) is -0.940. The van der Waals surface area contributed by atoms with Crippen molar-refractivity contribution in [3.63, 3.8) is 0 Å². The molecular weight excluding hydrogens is 462 g/mol. The van der Waals surface area contributed by atoms with E-state index in [-0.39, 0.29) is 31.2 Å². The smallest absolute Gasteiger partial charge is 0.234 e. The average molecular weight is 491 g/mol. The molecule has 182 valence electrons. The van der Waals surface area contributed by atoms with E-state index in [0.717, 1.165) is 15.2 Å². The largest absolute Gasteiger partial charge is 0.491 e. The van der Waals surface area contributed by atoms with Crippen molar-refractivity contribution in [2.45, 2.75) is 19.6 Å². The average Bonchev–Trinajstić information content (AvgIpc) is 3.18. The lowest BCUT2D eigenvalue weighted by Gasteiger charge is -2.35. The summed E-state index contributed by atoms with van der Waals surface area (Å²) in [6.07, 6.45) is -0.640. The Kier molecular flexibility index (Phi) is 8.04. The molecule has 1 saturated heterocycles. The Morgan fingerprint density at radius 2 is 1.88 bits per heavy atom. The van der Waals surface area contributed by atoms with E-state index >= 15 is 0 Å². The number of hydrogen-bond donors (Lipinski definition) is 2. The Morgan fingerprint density at radius 3 is 2.62 bits per heavy atom. The Bertz CT molecular complexity index is 1110. The molecule has 4 rings (SSSR count). The molecule has 2 heterocycles. The van der Waals surface area contributed by atoms with Gasteiger partial charge in [0.05, 0.1) is 21.8 Å². The Hall–Kier alpha value is -2.66. The summed E-state index contributed by atoms with van der Waals surface area (Å²) in [6, 6.07) is 9.38. The van der Waals surface area contributed by atoms with Crippen molar-refractivity contribution in [3.8, 4) is 5.75 Å². The number of carbonyl (C=O) groups is 1. The molecule has 1 aromatic heterocycles. The first-order valence-electron chi connectivity index (χ1n) is 11.2. The number of thiazole rings is 1. The lowest BCUT2D eigenvalue weighted by atomic mass is 10.2. The minimum absolute atomic E-state index is 0.140. The molecule has 0 saturated carbocycles. The number of aliphatic hydroxyl groups excluding tert-OH is 1. The molecule has 0 unspecified atom stereocenters. The number of ether oxygens (including phenoxy) is 1. The van der Waals surface area contributed by atoms with Crippen LogP contribution in [0.15, 0.2) is 36.4 Å². The fourth-order valence-electron chi connectivity index (χ4n) is 3.93. The Labute approximate surface area is 201 Å². The second kappa shape index (κ2) is 11.2. The molecule has 1 fully saturated rings. The summed E-state index contributed by atoms with van der Waals surface area (Å²) >= 11 is 1.63. The molecule has 0 radical (unpaired) electrons. The van der Waals surface area contributed by atoms with Crippen LogP contribution in [0.5, 0.6) is 5.75 Å². The number of nitrogens with zero attached hydrogens (tertiary/aromatic N) is 3. The molecule has 1 atom stereocenters. The number of hydrogen-bond acceptors (Lipinski definition) is 7. The van der Waals surface area contributed by atoms with Gasteiger partial charge in [-0.1, -0.05) is 6.07 Å². The molecule has 1 amide bonds. The van der Waals surface area contributed by atoms with Gasteiger partial charge in [-0.05, 0) is 31.2 Å². The van der Waals surface area contributed by atoms with Crippen molar-refractivity contribution in [3.05, 3.63) is 58.6 Å². The van der Waals surface area contributed by atoms with E-state index in [1.54, 1.807) is 11.3 Å². The normalized spacial score (nSPS) is 16.0. The van der Waals surface area contributed by atoms with Gasteiger partial charge in [0.1, 0.15) is 30.1 Å². The van der Waals surface area contributed by atoms with Crippen LogP contribution in [-0.2, 0) is 11.3 Å². The van der Waals surface area contributed by atoms with Crippen LogP contribution in [0.1, 0.15) is 10.6 Å². The molecule has 3 aromatic rings. The van der Waals surface area contributed by atoms with Gasteiger partial charge >= 0.3 is 0 Å². The van der Waals surface area contributed by atoms with Crippen molar-refractivity contribution < 1.29 is 23.4 Å². The number of aromatic nitrogens is 1. The van der Waals surface area contributed by atoms with Crippen molar-refractivity contribution >= 4 is 27.5 Å². The van der Waals surface area contributed by atoms with Crippen LogP contribution in [-0.4, -0.2) is 77.8 Å². The van der Waals surface area contributed by atoms with Gasteiger partial charge < -0.3 is 15.2 Å². The number of β-amino-alcohol motifs (C(OH)–C–C–N with tert-alkyl or cyclic N) is 1. The van der Waals surface area contributed by atoms with Crippen LogP contribution >= 0.6 is 11.3 Å². The van der Waals surface area contributed by atoms with Crippen LogP contribution in [0.4, 0.5) is 8.78 Å². The standard InChI is InChI=1S/C24H28F2N4O3S/c1-16-28-22-11-18(5-6-23(22)34-16)33-15-17(31)13-29-7-9-30(10-8-29)14-24(32)27-12-19-20(25)3-2-4-21(19)26/h2-6,11,17,31H,7-10,12-15H2,1H3,(H,27,32)/t17-/m1/s1. The summed E-state index contributed by atoms with van der Waals surface area (Å²) < 4.78 is 34.2. The number of carbonyl (C=O) groups excluding carboxylic acids is 1. The third-order valence-corrected chi connectivity index (χ3v) is 6.69. The summed E-state index contributed by atoms with van der Waals surface area (Å²) in [5, 5.41) is 14.0. The molecule has 0 spiro atoms. The molecule has 0 bridgehead atoms. The predicted octanol–water partition coefficient (Wildman–Crippen LogP) is 2.56. The van der Waals surface area contributed by atoms with Crippen LogP contribution in [0.3, 0.4) is 0 Å². The number of benzene rings is 2. The second-order valence-electron chi connectivity index (χ2n) is 8.38. The monoisotopic (exact) mass is 490 g/mol. The highest BCUT2D eigenvalue weighted by Gasteiger charge is 2.21. The third-order valence-electron chi connectivity index (χ3n) is 5.73. The number of aliphatic hydroxyl groups is 1. The first-order chi connectivity index (χ1) is 16.4. The number of nitrogens with one attached hydrogen (secondary N) is 1. The molecule has 1 aliphatic rings. The maximum Gasteiger partial charge on any atom is 0.234 e. The lowest BCUT2D eigenvalue weighted by Crippen LogP contribution is -2.51. The summed E-state index contributed by atoms with van der Waals surface area (Å²) in [4.78, 5) is 20.8. The maximum absolute atomic E-state index is 13.7. The molecule has 10 heteroatoms. The van der Waals surface area contributed by atoms with E-state index in [1.165, 1.54) is 18.2 Å². The fourth-order valence-corrected chi connectivity index (χ4v) is 4.74. The lowest BCUT2D eigenvalue weighted by molar-refractivity contribution is -0.122. The number of halogens is 2. The molecule has 2 aromatic carbocycles. The minimum atomic E-state index is -0.671. The molecule has 0 aliphatic carbocycles. The molecule has 34 heavy (non-hydrogen) atoms. The fraction of sp³-hybridized carbons (Fsp3) is 0.417. The number of fused-ring (bicyclic) bond motifs is 1. The van der Waals surface area contributed by atoms with Crippen molar-refractivity contribution in [1.82, 2.24) is 20.1 Å². The topological polar surface area (TPSA) is 77.9 Å². The summed E-state index contributed by atoms with van der Waals surface area (Å²) in [7, 11) is 0. The van der Waals surface area contributed by atoms with E-state index in [2.05, 4.69) is 15.2 Å². The van der Waals surface area contributed by atoms with E-state index in [9.17, 15) is 18.7 Å². The Morgan fingerprint density at radius 1 is 1.18 bits per heavy atom. The number of amides is 1. The zero-order valence-corrected chi connectivity index (χ0v) is 19.8. The molecular formula is C24H28F2N4O3S. The van der Waals surface area contributed by atoms with Gasteiger partial charge in [-0.25, -0.2) is 13.8 Å². The zero-order valence-electron chi connectivity index (χ0n) is 19.0. The van der Waals surface area contributed by atoms with Gasteiger partial charge in [0.2, 0.25) is 5.91 Å². The number of aryl methyl sites for hydroxylation is 1. The molecule has 7 nitrogen and oxygen atoms in total. The number of piperazine rings is 1. The highest BCUT2D eigenvalue weighted by molar-refractivity contribution is 7.18. The second-order valence-corrected chi connectivity index (χ2v) is 9.62. The van der Waals surface area contributed by atoms with E-state index < -0.39 is 17.7 Å². The first-order valence-corrected chi connectivity index (χ1v) is 12.0. The van der Waals surface area contributed by atoms with Crippen molar-refractivity contribution in [2.24, 2.45) is 0 Å². The number of rotatable bonds is 9. The Balaban J connectivity index is 1.15. The van der Waals surface area contributed by atoms with E-state index in [1.807, 2.05) is 30.0 Å². The highest BCUT2D eigenvalue weighted by Crippen LogP contribution is 2.25. The maximum atomic E-state index is 13.7. The summed E-state index contributed by atoms with van der Waals surface area (Å²) in [6.45, 7) is 5.34. The zero-order chi connectivity index (χ0) is 24.1. The quantitative estimate of drug-likeness (QED) is 0.480. The predicted molar refractivity (Wildman–Crippen MR) is 127 cm³/mol. The van der Waals surface area contributed by atoms with Gasteiger partial charge in [-0.3, -0.25) is 14.6 Å². The van der Waals surface area contributed by atoms with Gasteiger partial charge in [0, 0.05) is 50.9 Å². The first kappa shape index (κ1) is 24.5. The van der Waals surface area contributed by atoms with Gasteiger partial charge in [0.15, 0.2) is 0 Å². The highest BCUT2D eigenvalue weighted by atomic mass is 32.1. The SMILES string of the molecule is Cc1nc2cc(OC[C@H](O)CN3CCN(CC(=O)NCc4c(F)cccc4F)CC3)ccc2s1. The van der Waals surface area contributed by atoms with Gasteiger partial charge in [-0.15, -0.1) is 11.3 Å². The van der Waals surface area contributed by atoms with Crippen molar-refractivity contribution in [1.29, 1.82) is 0 Å². The van der Waals surface area contributed by atoms with E-state index in [4.69, 9.17) is 4.74 Å².